The van der Waals surface area contributed by atoms with Gasteiger partial charge in [0.15, 0.2) is 0 Å². The number of imidazole rings is 1. The van der Waals surface area contributed by atoms with E-state index in [-0.39, 0.29) is 11.4 Å². The second-order valence-electron chi connectivity index (χ2n) is 7.74. The van der Waals surface area contributed by atoms with Gasteiger partial charge in [0.2, 0.25) is 0 Å². The molecular weight excluding hydrogens is 396 g/mol. The van der Waals surface area contributed by atoms with Crippen LogP contribution < -0.4 is 5.69 Å². The molecule has 30 heavy (non-hydrogen) atoms. The number of aromatic hydroxyl groups is 1. The lowest BCUT2D eigenvalue weighted by atomic mass is 9.93. The summed E-state index contributed by atoms with van der Waals surface area (Å²) in [4.78, 5) is 12.3. The number of phenolic OH excluding ortho intramolecular Hbond substituents is 1. The molecule has 1 aromatic heterocycles. The molecule has 0 fully saturated rings. The Kier molecular flexibility index (Phi) is 5.04. The summed E-state index contributed by atoms with van der Waals surface area (Å²) in [7, 11) is 1.69. The zero-order chi connectivity index (χ0) is 21.6. The van der Waals surface area contributed by atoms with Crippen molar-refractivity contribution in [2.24, 2.45) is 7.05 Å². The maximum Gasteiger partial charge on any atom is 0.332 e. The highest BCUT2D eigenvalue weighted by Gasteiger charge is 2.15. The molecular formula is C25H23ClN2O2. The molecule has 0 unspecified atom stereocenters. The maximum absolute atomic E-state index is 12.3. The summed E-state index contributed by atoms with van der Waals surface area (Å²) in [5, 5.41) is 11.5. The number of aromatic nitrogens is 2. The van der Waals surface area contributed by atoms with Crippen LogP contribution in [0, 0.1) is 20.8 Å². The highest BCUT2D eigenvalue weighted by Crippen LogP contribution is 2.40. The number of nitrogens with zero attached hydrogens (tertiary/aromatic N) is 2. The average Bonchev–Trinajstić information content (AvgIpc) is 3.04. The minimum absolute atomic E-state index is 0.167. The first-order valence-corrected chi connectivity index (χ1v) is 10.1. The van der Waals surface area contributed by atoms with Crippen molar-refractivity contribution in [1.29, 1.82) is 0 Å². The molecule has 0 bridgehead atoms. The Balaban J connectivity index is 1.84. The smallest absolute Gasteiger partial charge is 0.332 e. The Morgan fingerprint density at radius 3 is 2.03 bits per heavy atom. The van der Waals surface area contributed by atoms with E-state index < -0.39 is 0 Å². The predicted octanol–water partition coefficient (Wildman–Crippen LogP) is 5.79. The summed E-state index contributed by atoms with van der Waals surface area (Å²) in [6.07, 6.45) is 3.37. The molecule has 0 aliphatic rings. The van der Waals surface area contributed by atoms with Crippen molar-refractivity contribution in [3.8, 4) is 33.7 Å². The normalized spacial score (nSPS) is 11.1. The molecule has 0 amide bonds. The molecule has 0 saturated heterocycles. The number of benzene rings is 3. The number of aryl methyl sites for hydroxylation is 4. The van der Waals surface area contributed by atoms with Crippen LogP contribution in [0.5, 0.6) is 5.75 Å². The van der Waals surface area contributed by atoms with E-state index in [0.29, 0.717) is 16.3 Å². The van der Waals surface area contributed by atoms with E-state index in [1.54, 1.807) is 31.6 Å². The molecule has 0 aliphatic carbocycles. The molecule has 4 aromatic rings. The van der Waals surface area contributed by atoms with Gasteiger partial charge in [0, 0.05) is 30.6 Å². The van der Waals surface area contributed by atoms with Crippen molar-refractivity contribution < 1.29 is 5.11 Å². The molecule has 0 aliphatic heterocycles. The zero-order valence-corrected chi connectivity index (χ0v) is 18.2. The number of hydrogen-bond donors (Lipinski definition) is 1. The fourth-order valence-electron chi connectivity index (χ4n) is 3.65. The minimum atomic E-state index is -0.167. The average molecular weight is 419 g/mol. The van der Waals surface area contributed by atoms with Crippen LogP contribution in [0.2, 0.25) is 5.02 Å². The van der Waals surface area contributed by atoms with Crippen LogP contribution in [0.1, 0.15) is 16.7 Å². The predicted molar refractivity (Wildman–Crippen MR) is 123 cm³/mol. The number of halogens is 1. The SMILES string of the molecule is Cc1cc(-c2ccc(C)c(C)c2)c(O)c(-c2ccc(-n3ccn(C)c3=O)c(Cl)c2)c1. The lowest BCUT2D eigenvalue weighted by Crippen LogP contribution is -2.20. The Hall–Kier alpha value is -3.24. The van der Waals surface area contributed by atoms with Gasteiger partial charge in [0.25, 0.3) is 0 Å². The molecule has 3 aromatic carbocycles. The van der Waals surface area contributed by atoms with Crippen LogP contribution in [0.25, 0.3) is 27.9 Å². The van der Waals surface area contributed by atoms with E-state index in [2.05, 4.69) is 26.0 Å². The van der Waals surface area contributed by atoms with Crippen molar-refractivity contribution in [1.82, 2.24) is 9.13 Å². The van der Waals surface area contributed by atoms with Gasteiger partial charge in [-0.3, -0.25) is 4.57 Å². The summed E-state index contributed by atoms with van der Waals surface area (Å²) in [5.74, 6) is 0.213. The fourth-order valence-corrected chi connectivity index (χ4v) is 3.92. The largest absolute Gasteiger partial charge is 0.507 e. The molecule has 4 rings (SSSR count). The second-order valence-corrected chi connectivity index (χ2v) is 8.14. The summed E-state index contributed by atoms with van der Waals surface area (Å²) >= 11 is 6.53. The molecule has 4 nitrogen and oxygen atoms in total. The van der Waals surface area contributed by atoms with Crippen LogP contribution in [-0.4, -0.2) is 14.2 Å². The Morgan fingerprint density at radius 2 is 1.47 bits per heavy atom. The van der Waals surface area contributed by atoms with Gasteiger partial charge >= 0.3 is 5.69 Å². The van der Waals surface area contributed by atoms with E-state index in [0.717, 1.165) is 22.3 Å². The van der Waals surface area contributed by atoms with Gasteiger partial charge in [-0.2, -0.15) is 0 Å². The molecule has 0 radical (unpaired) electrons. The van der Waals surface area contributed by atoms with Gasteiger partial charge in [-0.05, 0) is 72.9 Å². The highest BCUT2D eigenvalue weighted by molar-refractivity contribution is 6.32. The third-order valence-corrected chi connectivity index (χ3v) is 5.84. The van der Waals surface area contributed by atoms with Gasteiger partial charge in [-0.15, -0.1) is 0 Å². The summed E-state index contributed by atoms with van der Waals surface area (Å²) in [5.41, 5.74) is 7.12. The lowest BCUT2D eigenvalue weighted by Gasteiger charge is -2.14. The van der Waals surface area contributed by atoms with Gasteiger partial charge in [0.1, 0.15) is 5.75 Å². The highest BCUT2D eigenvalue weighted by atomic mass is 35.5. The van der Waals surface area contributed by atoms with E-state index >= 15 is 0 Å². The molecule has 1 N–H and O–H groups in total. The topological polar surface area (TPSA) is 47.2 Å². The third-order valence-electron chi connectivity index (χ3n) is 5.54. The number of hydrogen-bond acceptors (Lipinski definition) is 2. The Bertz CT molecular complexity index is 1330. The molecule has 0 atom stereocenters. The second kappa shape index (κ2) is 7.54. The van der Waals surface area contributed by atoms with Gasteiger partial charge in [-0.25, -0.2) is 4.79 Å². The van der Waals surface area contributed by atoms with Crippen molar-refractivity contribution in [3.05, 3.63) is 93.1 Å². The molecule has 0 saturated carbocycles. The Morgan fingerprint density at radius 1 is 0.833 bits per heavy atom. The first-order valence-electron chi connectivity index (χ1n) is 9.72. The van der Waals surface area contributed by atoms with Gasteiger partial charge in [0.05, 0.1) is 10.7 Å². The Labute approximate surface area is 180 Å². The monoisotopic (exact) mass is 418 g/mol. The van der Waals surface area contributed by atoms with E-state index in [9.17, 15) is 9.90 Å². The van der Waals surface area contributed by atoms with Crippen molar-refractivity contribution in [2.75, 3.05) is 0 Å². The summed E-state index contributed by atoms with van der Waals surface area (Å²) in [6.45, 7) is 6.14. The van der Waals surface area contributed by atoms with Gasteiger partial charge < -0.3 is 9.67 Å². The maximum atomic E-state index is 12.3. The third kappa shape index (κ3) is 3.44. The first kappa shape index (κ1) is 20.0. The summed E-state index contributed by atoms with van der Waals surface area (Å²) in [6, 6.07) is 15.6. The van der Waals surface area contributed by atoms with E-state index in [4.69, 9.17) is 11.6 Å². The molecule has 152 valence electrons. The quantitative estimate of drug-likeness (QED) is 0.457. The number of rotatable bonds is 3. The van der Waals surface area contributed by atoms with Crippen LogP contribution in [0.4, 0.5) is 0 Å². The fraction of sp³-hybridized carbons (Fsp3) is 0.160. The number of phenols is 1. The van der Waals surface area contributed by atoms with Crippen LogP contribution in [-0.2, 0) is 7.05 Å². The van der Waals surface area contributed by atoms with Crippen LogP contribution in [0.3, 0.4) is 0 Å². The minimum Gasteiger partial charge on any atom is -0.507 e. The molecule has 5 heteroatoms. The standard InChI is InChI=1S/C25H23ClN2O2/c1-15-11-20(18-6-5-16(2)17(3)13-18)24(29)21(12-15)19-7-8-23(22(26)14-19)28-10-9-27(4)25(28)30/h5-14,29H,1-4H3. The summed E-state index contributed by atoms with van der Waals surface area (Å²) < 4.78 is 3.00. The van der Waals surface area contributed by atoms with E-state index in [1.165, 1.54) is 20.3 Å². The van der Waals surface area contributed by atoms with Crippen molar-refractivity contribution >= 4 is 11.6 Å². The molecule has 1 heterocycles. The van der Waals surface area contributed by atoms with Crippen LogP contribution >= 0.6 is 11.6 Å². The van der Waals surface area contributed by atoms with Crippen molar-refractivity contribution in [2.45, 2.75) is 20.8 Å². The van der Waals surface area contributed by atoms with Gasteiger partial charge in [-0.1, -0.05) is 35.9 Å². The zero-order valence-electron chi connectivity index (χ0n) is 17.4. The lowest BCUT2D eigenvalue weighted by molar-refractivity contribution is 0.479. The first-order chi connectivity index (χ1) is 14.3. The van der Waals surface area contributed by atoms with E-state index in [1.807, 2.05) is 31.2 Å². The molecule has 0 spiro atoms. The van der Waals surface area contributed by atoms with Crippen LogP contribution in [0.15, 0.2) is 65.7 Å². The van der Waals surface area contributed by atoms with Crippen molar-refractivity contribution in [3.63, 3.8) is 0 Å².